The van der Waals surface area contributed by atoms with Gasteiger partial charge >= 0.3 is 0 Å². The number of hydrogen-bond acceptors (Lipinski definition) is 6. The van der Waals surface area contributed by atoms with Crippen molar-refractivity contribution in [3.63, 3.8) is 0 Å². The van der Waals surface area contributed by atoms with Crippen LogP contribution >= 0.6 is 23.1 Å². The van der Waals surface area contributed by atoms with E-state index in [9.17, 15) is 4.79 Å². The SMILES string of the molecule is Cc1ccc(-c2csc(NC(=O)CSc3nnc(C)n3C)n2)cc1. The highest BCUT2D eigenvalue weighted by Crippen LogP contribution is 2.25. The minimum Gasteiger partial charge on any atom is -0.309 e. The Labute approximate surface area is 148 Å². The summed E-state index contributed by atoms with van der Waals surface area (Å²) in [5.74, 6) is 0.983. The molecule has 0 saturated carbocycles. The number of benzene rings is 1. The first kappa shape index (κ1) is 16.7. The second-order valence-electron chi connectivity index (χ2n) is 5.33. The fourth-order valence-electron chi connectivity index (χ4n) is 1.99. The van der Waals surface area contributed by atoms with E-state index in [0.717, 1.165) is 22.2 Å². The zero-order valence-electron chi connectivity index (χ0n) is 13.6. The molecule has 0 bridgehead atoms. The predicted octanol–water partition coefficient (Wildman–Crippen LogP) is 3.29. The molecule has 0 aliphatic rings. The molecule has 6 nitrogen and oxygen atoms in total. The van der Waals surface area contributed by atoms with Gasteiger partial charge in [-0.2, -0.15) is 0 Å². The van der Waals surface area contributed by atoms with Crippen LogP contribution in [0.25, 0.3) is 11.3 Å². The van der Waals surface area contributed by atoms with Crippen molar-refractivity contribution >= 4 is 34.1 Å². The maximum absolute atomic E-state index is 12.1. The summed E-state index contributed by atoms with van der Waals surface area (Å²) in [6, 6.07) is 8.16. The highest BCUT2D eigenvalue weighted by Gasteiger charge is 2.11. The molecule has 0 radical (unpaired) electrons. The van der Waals surface area contributed by atoms with E-state index < -0.39 is 0 Å². The molecule has 0 unspecified atom stereocenters. The van der Waals surface area contributed by atoms with Crippen molar-refractivity contribution in [3.05, 3.63) is 41.0 Å². The van der Waals surface area contributed by atoms with E-state index in [1.807, 2.05) is 55.1 Å². The molecular formula is C16H17N5OS2. The van der Waals surface area contributed by atoms with E-state index >= 15 is 0 Å². The van der Waals surface area contributed by atoms with Crippen molar-refractivity contribution in [1.29, 1.82) is 0 Å². The highest BCUT2D eigenvalue weighted by atomic mass is 32.2. The number of rotatable bonds is 5. The maximum Gasteiger partial charge on any atom is 0.236 e. The van der Waals surface area contributed by atoms with E-state index in [-0.39, 0.29) is 11.7 Å². The maximum atomic E-state index is 12.1. The summed E-state index contributed by atoms with van der Waals surface area (Å²) < 4.78 is 1.86. The minimum absolute atomic E-state index is 0.106. The second-order valence-corrected chi connectivity index (χ2v) is 7.13. The Balaban J connectivity index is 1.59. The van der Waals surface area contributed by atoms with Gasteiger partial charge in [-0.05, 0) is 13.8 Å². The number of thiazole rings is 1. The van der Waals surface area contributed by atoms with Crippen LogP contribution in [0.4, 0.5) is 5.13 Å². The fraction of sp³-hybridized carbons (Fsp3) is 0.250. The molecule has 0 saturated heterocycles. The van der Waals surface area contributed by atoms with Gasteiger partial charge in [-0.25, -0.2) is 4.98 Å². The van der Waals surface area contributed by atoms with E-state index in [1.54, 1.807) is 0 Å². The Kier molecular flexibility index (Phi) is 4.96. The second kappa shape index (κ2) is 7.14. The fourth-order valence-corrected chi connectivity index (χ4v) is 3.48. The van der Waals surface area contributed by atoms with Crippen LogP contribution in [0.5, 0.6) is 0 Å². The third kappa shape index (κ3) is 3.82. The van der Waals surface area contributed by atoms with Gasteiger partial charge in [0.1, 0.15) is 5.82 Å². The Morgan fingerprint density at radius 2 is 2.00 bits per heavy atom. The van der Waals surface area contributed by atoms with Gasteiger partial charge in [0.2, 0.25) is 5.91 Å². The van der Waals surface area contributed by atoms with Crippen LogP contribution in [-0.4, -0.2) is 31.4 Å². The molecule has 0 spiro atoms. The van der Waals surface area contributed by atoms with Gasteiger partial charge in [-0.15, -0.1) is 21.5 Å². The lowest BCUT2D eigenvalue weighted by Gasteiger charge is -2.02. The standard InChI is InChI=1S/C16H17N5OS2/c1-10-4-6-12(7-5-10)13-8-23-15(17-13)18-14(22)9-24-16-20-19-11(2)21(16)3/h4-8H,9H2,1-3H3,(H,17,18,22). The summed E-state index contributed by atoms with van der Waals surface area (Å²) in [6.07, 6.45) is 0. The summed E-state index contributed by atoms with van der Waals surface area (Å²) >= 11 is 2.77. The molecule has 3 aromatic rings. The quantitative estimate of drug-likeness (QED) is 0.708. The Morgan fingerprint density at radius 3 is 2.67 bits per heavy atom. The number of thioether (sulfide) groups is 1. The first-order valence-electron chi connectivity index (χ1n) is 7.34. The number of nitrogens with one attached hydrogen (secondary N) is 1. The first-order chi connectivity index (χ1) is 11.5. The van der Waals surface area contributed by atoms with Crippen LogP contribution in [-0.2, 0) is 11.8 Å². The number of aryl methyl sites for hydroxylation is 2. The molecule has 0 aliphatic heterocycles. The van der Waals surface area contributed by atoms with Gasteiger partial charge in [0.15, 0.2) is 10.3 Å². The van der Waals surface area contributed by atoms with E-state index in [1.165, 1.54) is 28.7 Å². The van der Waals surface area contributed by atoms with Gasteiger partial charge < -0.3 is 9.88 Å². The molecule has 2 heterocycles. The van der Waals surface area contributed by atoms with Crippen molar-refractivity contribution in [2.45, 2.75) is 19.0 Å². The van der Waals surface area contributed by atoms with Crippen LogP contribution < -0.4 is 5.32 Å². The molecule has 24 heavy (non-hydrogen) atoms. The average molecular weight is 359 g/mol. The first-order valence-corrected chi connectivity index (χ1v) is 9.20. The van der Waals surface area contributed by atoms with Crippen LogP contribution in [0.2, 0.25) is 0 Å². The predicted molar refractivity (Wildman–Crippen MR) is 97.4 cm³/mol. The molecule has 0 atom stereocenters. The minimum atomic E-state index is -0.106. The number of anilines is 1. The summed E-state index contributed by atoms with van der Waals surface area (Å²) in [5.41, 5.74) is 3.12. The van der Waals surface area contributed by atoms with Crippen LogP contribution in [0.15, 0.2) is 34.8 Å². The van der Waals surface area contributed by atoms with Crippen molar-refractivity contribution in [2.24, 2.45) is 7.05 Å². The van der Waals surface area contributed by atoms with Crippen LogP contribution in [0, 0.1) is 13.8 Å². The number of hydrogen-bond donors (Lipinski definition) is 1. The average Bonchev–Trinajstić information content (AvgIpc) is 3.15. The van der Waals surface area contributed by atoms with Crippen LogP contribution in [0.1, 0.15) is 11.4 Å². The van der Waals surface area contributed by atoms with Gasteiger partial charge in [0, 0.05) is 18.0 Å². The van der Waals surface area contributed by atoms with Gasteiger partial charge in [0.25, 0.3) is 0 Å². The zero-order chi connectivity index (χ0) is 17.1. The number of aromatic nitrogens is 4. The molecule has 8 heteroatoms. The molecule has 1 N–H and O–H groups in total. The molecule has 124 valence electrons. The molecule has 0 fully saturated rings. The lowest BCUT2D eigenvalue weighted by molar-refractivity contribution is -0.113. The molecular weight excluding hydrogens is 342 g/mol. The number of carbonyl (C=O) groups excluding carboxylic acids is 1. The summed E-state index contributed by atoms with van der Waals surface area (Å²) in [6.45, 7) is 3.92. The lowest BCUT2D eigenvalue weighted by atomic mass is 10.1. The molecule has 3 rings (SSSR count). The van der Waals surface area contributed by atoms with E-state index in [2.05, 4.69) is 20.5 Å². The van der Waals surface area contributed by atoms with Gasteiger partial charge in [-0.1, -0.05) is 41.6 Å². The largest absolute Gasteiger partial charge is 0.309 e. The summed E-state index contributed by atoms with van der Waals surface area (Å²) in [7, 11) is 1.88. The van der Waals surface area contributed by atoms with Crippen molar-refractivity contribution in [2.75, 3.05) is 11.1 Å². The van der Waals surface area contributed by atoms with Gasteiger partial charge in [0.05, 0.1) is 11.4 Å². The topological polar surface area (TPSA) is 72.7 Å². The van der Waals surface area contributed by atoms with Crippen molar-refractivity contribution in [3.8, 4) is 11.3 Å². The number of nitrogens with zero attached hydrogens (tertiary/aromatic N) is 4. The summed E-state index contributed by atoms with van der Waals surface area (Å²) in [4.78, 5) is 16.5. The molecule has 0 aliphatic carbocycles. The normalized spacial score (nSPS) is 10.8. The Morgan fingerprint density at radius 1 is 1.25 bits per heavy atom. The Bertz CT molecular complexity index is 854. The van der Waals surface area contributed by atoms with Crippen molar-refractivity contribution < 1.29 is 4.79 Å². The molecule has 1 amide bonds. The third-order valence-electron chi connectivity index (χ3n) is 3.48. The number of amides is 1. The smallest absolute Gasteiger partial charge is 0.236 e. The van der Waals surface area contributed by atoms with E-state index in [4.69, 9.17) is 0 Å². The summed E-state index contributed by atoms with van der Waals surface area (Å²) in [5, 5.41) is 14.1. The lowest BCUT2D eigenvalue weighted by Crippen LogP contribution is -2.14. The van der Waals surface area contributed by atoms with Crippen molar-refractivity contribution in [1.82, 2.24) is 19.7 Å². The van der Waals surface area contributed by atoms with E-state index in [0.29, 0.717) is 5.13 Å². The van der Waals surface area contributed by atoms with Crippen LogP contribution in [0.3, 0.4) is 0 Å². The molecule has 2 aromatic heterocycles. The zero-order valence-corrected chi connectivity index (χ0v) is 15.2. The van der Waals surface area contributed by atoms with Gasteiger partial charge in [-0.3, -0.25) is 4.79 Å². The highest BCUT2D eigenvalue weighted by molar-refractivity contribution is 7.99. The third-order valence-corrected chi connectivity index (χ3v) is 5.26. The molecule has 1 aromatic carbocycles. The Hall–Kier alpha value is -2.19. The number of carbonyl (C=O) groups is 1. The monoisotopic (exact) mass is 359 g/mol.